The number of benzene rings is 3. The molecule has 0 saturated carbocycles. The summed E-state index contributed by atoms with van der Waals surface area (Å²) < 4.78 is 17.0. The molecule has 0 aromatic heterocycles. The molecule has 0 spiro atoms. The Balaban J connectivity index is 1.77. The van der Waals surface area contributed by atoms with Crippen molar-refractivity contribution in [2.45, 2.75) is 78.7 Å². The highest BCUT2D eigenvalue weighted by Gasteiger charge is 2.21. The SMILES string of the molecule is Cc1cc(COc2ccccc2CC(=O)OC(C)(C)C)cc(-c2cccc([C@@H](CO)NC(=O)OC(C)(C)C)c2)c1. The second kappa shape index (κ2) is 13.0. The number of para-hydroxylation sites is 1. The van der Waals surface area contributed by atoms with Gasteiger partial charge in [0, 0.05) is 5.56 Å². The number of hydrogen-bond donors (Lipinski definition) is 2. The smallest absolute Gasteiger partial charge is 0.408 e. The summed E-state index contributed by atoms with van der Waals surface area (Å²) in [6, 6.07) is 20.8. The number of aliphatic hydroxyl groups is 1. The second-order valence-electron chi connectivity index (χ2n) is 11.9. The van der Waals surface area contributed by atoms with Crippen LogP contribution in [0.5, 0.6) is 5.75 Å². The van der Waals surface area contributed by atoms with Crippen LogP contribution in [0.4, 0.5) is 4.79 Å². The number of aliphatic hydroxyl groups excluding tert-OH is 1. The van der Waals surface area contributed by atoms with Crippen molar-refractivity contribution in [2.24, 2.45) is 0 Å². The van der Waals surface area contributed by atoms with Gasteiger partial charge < -0.3 is 24.6 Å². The van der Waals surface area contributed by atoms with E-state index < -0.39 is 23.3 Å². The molecule has 0 fully saturated rings. The van der Waals surface area contributed by atoms with Gasteiger partial charge in [0.1, 0.15) is 23.6 Å². The van der Waals surface area contributed by atoms with Crippen LogP contribution in [0, 0.1) is 6.92 Å². The zero-order valence-electron chi connectivity index (χ0n) is 24.5. The first-order valence-corrected chi connectivity index (χ1v) is 13.5. The Hall–Kier alpha value is -3.84. The van der Waals surface area contributed by atoms with Crippen molar-refractivity contribution in [2.75, 3.05) is 6.61 Å². The van der Waals surface area contributed by atoms with Crippen molar-refractivity contribution in [1.29, 1.82) is 0 Å². The monoisotopic (exact) mass is 547 g/mol. The van der Waals surface area contributed by atoms with Crippen LogP contribution >= 0.6 is 0 Å². The van der Waals surface area contributed by atoms with Crippen LogP contribution in [0.25, 0.3) is 11.1 Å². The normalized spacial score (nSPS) is 12.4. The highest BCUT2D eigenvalue weighted by atomic mass is 16.6. The Labute approximate surface area is 237 Å². The number of rotatable bonds is 9. The molecule has 1 atom stereocenters. The molecule has 0 aliphatic heterocycles. The number of hydrogen-bond acceptors (Lipinski definition) is 6. The topological polar surface area (TPSA) is 94.1 Å². The third kappa shape index (κ3) is 9.72. The molecule has 0 heterocycles. The maximum Gasteiger partial charge on any atom is 0.408 e. The fourth-order valence-corrected chi connectivity index (χ4v) is 4.22. The third-order valence-corrected chi connectivity index (χ3v) is 5.75. The van der Waals surface area contributed by atoms with E-state index in [1.54, 1.807) is 20.8 Å². The number of carbonyl (C=O) groups is 2. The standard InChI is InChI=1S/C33H41NO6/c1-22-15-23(21-38-29-14-9-8-11-26(29)19-30(36)39-32(2,3)4)17-27(16-22)24-12-10-13-25(18-24)28(20-35)34-31(37)40-33(5,6)7/h8-18,28,35H,19-21H2,1-7H3,(H,34,37)/t28-/m1/s1. The molecule has 3 rings (SSSR count). The summed E-state index contributed by atoms with van der Waals surface area (Å²) in [6.45, 7) is 13.0. The maximum atomic E-state index is 12.4. The Bertz CT molecular complexity index is 1320. The maximum absolute atomic E-state index is 12.4. The zero-order valence-corrected chi connectivity index (χ0v) is 24.5. The first kappa shape index (κ1) is 30.7. The molecule has 0 bridgehead atoms. The number of alkyl carbamates (subject to hydrolysis) is 1. The van der Waals surface area contributed by atoms with E-state index in [-0.39, 0.29) is 19.0 Å². The van der Waals surface area contributed by atoms with Crippen LogP contribution in [0.15, 0.2) is 66.7 Å². The molecule has 7 nitrogen and oxygen atoms in total. The van der Waals surface area contributed by atoms with Crippen molar-refractivity contribution >= 4 is 12.1 Å². The van der Waals surface area contributed by atoms with Gasteiger partial charge in [-0.1, -0.05) is 54.1 Å². The van der Waals surface area contributed by atoms with Crippen LogP contribution < -0.4 is 10.1 Å². The minimum atomic E-state index is -0.637. The molecule has 0 aliphatic rings. The molecule has 0 aliphatic carbocycles. The molecule has 40 heavy (non-hydrogen) atoms. The number of carbonyl (C=O) groups excluding carboxylic acids is 2. The van der Waals surface area contributed by atoms with Crippen molar-refractivity contribution in [3.8, 4) is 16.9 Å². The molecule has 3 aromatic rings. The Morgan fingerprint density at radius 3 is 2.23 bits per heavy atom. The molecule has 1 amide bonds. The lowest BCUT2D eigenvalue weighted by molar-refractivity contribution is -0.153. The highest BCUT2D eigenvalue weighted by Crippen LogP contribution is 2.27. The molecule has 3 aromatic carbocycles. The van der Waals surface area contributed by atoms with Gasteiger partial charge in [-0.25, -0.2) is 4.79 Å². The lowest BCUT2D eigenvalue weighted by Gasteiger charge is -2.23. The minimum absolute atomic E-state index is 0.128. The van der Waals surface area contributed by atoms with Gasteiger partial charge in [0.2, 0.25) is 0 Å². The average molecular weight is 548 g/mol. The average Bonchev–Trinajstić information content (AvgIpc) is 2.84. The number of esters is 1. The van der Waals surface area contributed by atoms with Crippen molar-refractivity contribution in [1.82, 2.24) is 5.32 Å². The van der Waals surface area contributed by atoms with Gasteiger partial charge in [-0.05, 0) is 88.9 Å². The summed E-state index contributed by atoms with van der Waals surface area (Å²) in [5.41, 5.74) is 4.31. The minimum Gasteiger partial charge on any atom is -0.489 e. The lowest BCUT2D eigenvalue weighted by atomic mass is 9.97. The lowest BCUT2D eigenvalue weighted by Crippen LogP contribution is -2.36. The Morgan fingerprint density at radius 2 is 1.55 bits per heavy atom. The van der Waals surface area contributed by atoms with E-state index in [9.17, 15) is 14.7 Å². The van der Waals surface area contributed by atoms with E-state index in [0.29, 0.717) is 12.4 Å². The second-order valence-corrected chi connectivity index (χ2v) is 11.9. The predicted molar refractivity (Wildman–Crippen MR) is 156 cm³/mol. The fourth-order valence-electron chi connectivity index (χ4n) is 4.22. The largest absolute Gasteiger partial charge is 0.489 e. The van der Waals surface area contributed by atoms with E-state index >= 15 is 0 Å². The first-order valence-electron chi connectivity index (χ1n) is 13.5. The molecule has 0 radical (unpaired) electrons. The first-order chi connectivity index (χ1) is 18.7. The number of nitrogens with one attached hydrogen (secondary N) is 1. The van der Waals surface area contributed by atoms with Gasteiger partial charge in [0.15, 0.2) is 0 Å². The van der Waals surface area contributed by atoms with Gasteiger partial charge in [-0.2, -0.15) is 0 Å². The van der Waals surface area contributed by atoms with Crippen LogP contribution in [0.1, 0.15) is 69.8 Å². The van der Waals surface area contributed by atoms with E-state index in [1.165, 1.54) is 0 Å². The summed E-state index contributed by atoms with van der Waals surface area (Å²) in [4.78, 5) is 24.7. The molecule has 0 unspecified atom stereocenters. The summed E-state index contributed by atoms with van der Waals surface area (Å²) in [6.07, 6.45) is -0.457. The van der Waals surface area contributed by atoms with E-state index in [1.807, 2.05) is 76.2 Å². The van der Waals surface area contributed by atoms with Gasteiger partial charge in [0.25, 0.3) is 0 Å². The summed E-state index contributed by atoms with van der Waals surface area (Å²) in [7, 11) is 0. The molecule has 0 saturated heterocycles. The third-order valence-electron chi connectivity index (χ3n) is 5.75. The van der Waals surface area contributed by atoms with Crippen molar-refractivity contribution in [3.05, 3.63) is 89.0 Å². The molecular formula is C33H41NO6. The Kier molecular flexibility index (Phi) is 9.98. The zero-order chi connectivity index (χ0) is 29.5. The predicted octanol–water partition coefficient (Wildman–Crippen LogP) is 6.68. The van der Waals surface area contributed by atoms with E-state index in [4.69, 9.17) is 14.2 Å². The van der Waals surface area contributed by atoms with Gasteiger partial charge in [-0.15, -0.1) is 0 Å². The highest BCUT2D eigenvalue weighted by molar-refractivity contribution is 5.74. The van der Waals surface area contributed by atoms with Crippen LogP contribution in [-0.4, -0.2) is 35.0 Å². The summed E-state index contributed by atoms with van der Waals surface area (Å²) in [5, 5.41) is 12.7. The van der Waals surface area contributed by atoms with Crippen molar-refractivity contribution in [3.63, 3.8) is 0 Å². The van der Waals surface area contributed by atoms with Crippen LogP contribution in [0.3, 0.4) is 0 Å². The van der Waals surface area contributed by atoms with E-state index in [2.05, 4.69) is 23.5 Å². The van der Waals surface area contributed by atoms with Gasteiger partial charge >= 0.3 is 12.1 Å². The van der Waals surface area contributed by atoms with Crippen LogP contribution in [-0.2, 0) is 27.3 Å². The summed E-state index contributed by atoms with van der Waals surface area (Å²) in [5.74, 6) is 0.334. The molecule has 214 valence electrons. The summed E-state index contributed by atoms with van der Waals surface area (Å²) >= 11 is 0. The Morgan fingerprint density at radius 1 is 0.850 bits per heavy atom. The molecule has 2 N–H and O–H groups in total. The van der Waals surface area contributed by atoms with Gasteiger partial charge in [-0.3, -0.25) is 4.79 Å². The number of ether oxygens (including phenoxy) is 3. The van der Waals surface area contributed by atoms with Crippen LogP contribution in [0.2, 0.25) is 0 Å². The quantitative estimate of drug-likeness (QED) is 0.290. The van der Waals surface area contributed by atoms with Crippen molar-refractivity contribution < 1.29 is 28.9 Å². The number of aryl methyl sites for hydroxylation is 1. The fraction of sp³-hybridized carbons (Fsp3) is 0.394. The molecule has 7 heteroatoms. The van der Waals surface area contributed by atoms with E-state index in [0.717, 1.165) is 33.4 Å². The molecular weight excluding hydrogens is 506 g/mol. The van der Waals surface area contributed by atoms with Gasteiger partial charge in [0.05, 0.1) is 19.1 Å². The number of amides is 1.